The second kappa shape index (κ2) is 16.9. The van der Waals surface area contributed by atoms with Gasteiger partial charge in [-0.3, -0.25) is 0 Å². The van der Waals surface area contributed by atoms with E-state index in [0.29, 0.717) is 29.1 Å². The SMILES string of the molecule is C=C(C)C(=O)OCCOC(=O)c1ccc(-c2ccc(-c3ccc(OC(=O)C(=C)C)cc3)cc2CC)c(OCCOC(O)C(=C)C)c1. The zero-order chi connectivity index (χ0) is 33.8. The molecular weight excluding hydrogens is 588 g/mol. The summed E-state index contributed by atoms with van der Waals surface area (Å²) in [5.74, 6) is -0.806. The van der Waals surface area contributed by atoms with Crippen molar-refractivity contribution in [3.05, 3.63) is 108 Å². The molecule has 46 heavy (non-hydrogen) atoms. The van der Waals surface area contributed by atoms with Crippen LogP contribution in [-0.4, -0.2) is 55.7 Å². The molecule has 9 heteroatoms. The predicted molar refractivity (Wildman–Crippen MR) is 175 cm³/mol. The van der Waals surface area contributed by atoms with Crippen LogP contribution in [0.5, 0.6) is 11.5 Å². The lowest BCUT2D eigenvalue weighted by atomic mass is 9.92. The van der Waals surface area contributed by atoms with E-state index >= 15 is 0 Å². The molecule has 0 aliphatic carbocycles. The van der Waals surface area contributed by atoms with Crippen LogP contribution in [0.2, 0.25) is 0 Å². The molecule has 0 aromatic heterocycles. The number of hydrogen-bond donors (Lipinski definition) is 1. The molecule has 9 nitrogen and oxygen atoms in total. The third-order valence-electron chi connectivity index (χ3n) is 6.68. The third kappa shape index (κ3) is 10.0. The van der Waals surface area contributed by atoms with Crippen LogP contribution in [0.3, 0.4) is 0 Å². The lowest BCUT2D eigenvalue weighted by Gasteiger charge is -2.18. The Morgan fingerprint density at radius 1 is 0.739 bits per heavy atom. The van der Waals surface area contributed by atoms with Crippen molar-refractivity contribution in [3.63, 3.8) is 0 Å². The van der Waals surface area contributed by atoms with Gasteiger partial charge in [-0.2, -0.15) is 0 Å². The molecule has 0 heterocycles. The Morgan fingerprint density at radius 3 is 2.00 bits per heavy atom. The van der Waals surface area contributed by atoms with Gasteiger partial charge in [0.05, 0.1) is 12.2 Å². The quantitative estimate of drug-likeness (QED) is 0.0466. The number of ether oxygens (including phenoxy) is 5. The first-order chi connectivity index (χ1) is 21.9. The Kier molecular flexibility index (Phi) is 13.0. The van der Waals surface area contributed by atoms with E-state index in [4.69, 9.17) is 23.7 Å². The number of aliphatic hydroxyl groups excluding tert-OH is 1. The molecular formula is C37H40O9. The Bertz CT molecular complexity index is 1600. The highest BCUT2D eigenvalue weighted by molar-refractivity contribution is 5.92. The van der Waals surface area contributed by atoms with Crippen LogP contribution >= 0.6 is 0 Å². The Morgan fingerprint density at radius 2 is 1.37 bits per heavy atom. The molecule has 0 spiro atoms. The number of hydrogen-bond acceptors (Lipinski definition) is 9. The second-order valence-corrected chi connectivity index (χ2v) is 10.6. The molecule has 0 aliphatic heterocycles. The van der Waals surface area contributed by atoms with E-state index in [1.165, 1.54) is 6.92 Å². The fourth-order valence-corrected chi connectivity index (χ4v) is 4.16. The molecule has 1 N–H and O–H groups in total. The molecule has 0 fully saturated rings. The zero-order valence-electron chi connectivity index (χ0n) is 26.7. The minimum absolute atomic E-state index is 0.0769. The average molecular weight is 629 g/mol. The van der Waals surface area contributed by atoms with Crippen LogP contribution in [0.15, 0.2) is 97.1 Å². The number of aliphatic hydroxyl groups is 1. The lowest BCUT2D eigenvalue weighted by molar-refractivity contribution is -0.140. The predicted octanol–water partition coefficient (Wildman–Crippen LogP) is 6.63. The van der Waals surface area contributed by atoms with E-state index in [0.717, 1.165) is 27.8 Å². The molecule has 3 aromatic rings. The fourth-order valence-electron chi connectivity index (χ4n) is 4.16. The Hall–Kier alpha value is -4.99. The molecule has 0 radical (unpaired) electrons. The molecule has 3 aromatic carbocycles. The van der Waals surface area contributed by atoms with Crippen LogP contribution in [-0.2, 0) is 30.2 Å². The molecule has 242 valence electrons. The van der Waals surface area contributed by atoms with Crippen molar-refractivity contribution in [1.29, 1.82) is 0 Å². The number of carbonyl (C=O) groups excluding carboxylic acids is 3. The van der Waals surface area contributed by atoms with E-state index in [2.05, 4.69) is 25.8 Å². The first-order valence-corrected chi connectivity index (χ1v) is 14.7. The second-order valence-electron chi connectivity index (χ2n) is 10.6. The number of esters is 3. The maximum absolute atomic E-state index is 12.8. The van der Waals surface area contributed by atoms with Crippen molar-refractivity contribution in [1.82, 2.24) is 0 Å². The zero-order valence-corrected chi connectivity index (χ0v) is 26.7. The van der Waals surface area contributed by atoms with Crippen LogP contribution in [0.4, 0.5) is 0 Å². The molecule has 0 saturated carbocycles. The molecule has 0 bridgehead atoms. The summed E-state index contributed by atoms with van der Waals surface area (Å²) < 4.78 is 27.0. The van der Waals surface area contributed by atoms with Crippen molar-refractivity contribution >= 4 is 17.9 Å². The first kappa shape index (κ1) is 35.5. The van der Waals surface area contributed by atoms with Crippen LogP contribution in [0.25, 0.3) is 22.3 Å². The molecule has 0 amide bonds. The number of aryl methyl sites for hydroxylation is 1. The summed E-state index contributed by atoms with van der Waals surface area (Å²) in [6.07, 6.45) is -0.410. The standard InChI is InChI=1S/C37H40O9/c1-8-26-21-28(27-9-13-30(14-10-27)46-36(40)25(6)7)11-15-31(26)32-16-12-29(37(41)45-20-19-44-35(39)24(4)5)22-33(32)42-17-18-43-34(38)23(2)3/h9-16,21-22,34,38H,2,4,6,8,17-20H2,1,3,5,7H3. The summed E-state index contributed by atoms with van der Waals surface area (Å²) in [6.45, 7) is 17.6. The largest absolute Gasteiger partial charge is 0.491 e. The molecule has 3 rings (SSSR count). The molecule has 0 aliphatic rings. The Balaban J connectivity index is 1.86. The number of carbonyl (C=O) groups is 3. The topological polar surface area (TPSA) is 118 Å². The van der Waals surface area contributed by atoms with Crippen LogP contribution in [0, 0.1) is 0 Å². The van der Waals surface area contributed by atoms with Crippen molar-refractivity contribution < 1.29 is 43.2 Å². The first-order valence-electron chi connectivity index (χ1n) is 14.7. The summed E-state index contributed by atoms with van der Waals surface area (Å²) in [6, 6.07) is 18.3. The number of rotatable bonds is 16. The van der Waals surface area contributed by atoms with Crippen molar-refractivity contribution in [2.45, 2.75) is 40.4 Å². The highest BCUT2D eigenvalue weighted by Gasteiger charge is 2.17. The van der Waals surface area contributed by atoms with E-state index in [1.807, 2.05) is 31.2 Å². The van der Waals surface area contributed by atoms with Gasteiger partial charge in [-0.05, 0) is 85.4 Å². The molecule has 1 atom stereocenters. The van der Waals surface area contributed by atoms with Crippen molar-refractivity contribution in [2.75, 3.05) is 26.4 Å². The van der Waals surface area contributed by atoms with Gasteiger partial charge in [0, 0.05) is 16.7 Å². The van der Waals surface area contributed by atoms with E-state index in [1.54, 1.807) is 44.2 Å². The molecule has 1 unspecified atom stereocenters. The normalized spacial score (nSPS) is 11.2. The number of benzene rings is 3. The van der Waals surface area contributed by atoms with Gasteiger partial charge in [-0.15, -0.1) is 0 Å². The van der Waals surface area contributed by atoms with Crippen LogP contribution in [0.1, 0.15) is 43.6 Å². The van der Waals surface area contributed by atoms with Gasteiger partial charge in [-0.25, -0.2) is 14.4 Å². The third-order valence-corrected chi connectivity index (χ3v) is 6.68. The van der Waals surface area contributed by atoms with Gasteiger partial charge in [-0.1, -0.05) is 57.0 Å². The minimum atomic E-state index is -1.12. The van der Waals surface area contributed by atoms with Gasteiger partial charge in [0.1, 0.15) is 31.3 Å². The van der Waals surface area contributed by atoms with Gasteiger partial charge in [0.2, 0.25) is 0 Å². The van der Waals surface area contributed by atoms with E-state index in [9.17, 15) is 19.5 Å². The van der Waals surface area contributed by atoms with Crippen molar-refractivity contribution in [2.24, 2.45) is 0 Å². The summed E-state index contributed by atoms with van der Waals surface area (Å²) in [5.41, 5.74) is 5.87. The Labute approximate surface area is 269 Å². The summed E-state index contributed by atoms with van der Waals surface area (Å²) >= 11 is 0. The minimum Gasteiger partial charge on any atom is -0.491 e. The highest BCUT2D eigenvalue weighted by atomic mass is 16.6. The maximum atomic E-state index is 12.8. The van der Waals surface area contributed by atoms with Gasteiger partial charge in [0.25, 0.3) is 0 Å². The van der Waals surface area contributed by atoms with Gasteiger partial charge < -0.3 is 28.8 Å². The van der Waals surface area contributed by atoms with Gasteiger partial charge in [0.15, 0.2) is 6.29 Å². The maximum Gasteiger partial charge on any atom is 0.338 e. The summed E-state index contributed by atoms with van der Waals surface area (Å²) in [4.78, 5) is 36.2. The summed E-state index contributed by atoms with van der Waals surface area (Å²) in [7, 11) is 0. The monoisotopic (exact) mass is 628 g/mol. The lowest BCUT2D eigenvalue weighted by Crippen LogP contribution is -2.17. The van der Waals surface area contributed by atoms with E-state index in [-0.39, 0.29) is 37.6 Å². The van der Waals surface area contributed by atoms with Crippen molar-refractivity contribution in [3.8, 4) is 33.8 Å². The fraction of sp³-hybridized carbons (Fsp3) is 0.270. The highest BCUT2D eigenvalue weighted by Crippen LogP contribution is 2.36. The smallest absolute Gasteiger partial charge is 0.338 e. The van der Waals surface area contributed by atoms with E-state index < -0.39 is 24.2 Å². The summed E-state index contributed by atoms with van der Waals surface area (Å²) in [5, 5.41) is 9.90. The average Bonchev–Trinajstić information content (AvgIpc) is 3.04. The van der Waals surface area contributed by atoms with Crippen LogP contribution < -0.4 is 9.47 Å². The molecule has 0 saturated heterocycles. The van der Waals surface area contributed by atoms with Gasteiger partial charge >= 0.3 is 17.9 Å².